The van der Waals surface area contributed by atoms with Crippen LogP contribution < -0.4 is 5.32 Å². The summed E-state index contributed by atoms with van der Waals surface area (Å²) in [6.45, 7) is 7.17. The molecule has 1 saturated heterocycles. The van der Waals surface area contributed by atoms with Crippen LogP contribution in [-0.4, -0.2) is 36.7 Å². The number of amides is 1. The van der Waals surface area contributed by atoms with Crippen molar-refractivity contribution in [2.24, 2.45) is 0 Å². The predicted molar refractivity (Wildman–Crippen MR) is 90.3 cm³/mol. The molecule has 122 valence electrons. The van der Waals surface area contributed by atoms with Gasteiger partial charge in [-0.2, -0.15) is 0 Å². The molecule has 1 fully saturated rings. The molecule has 1 aromatic carbocycles. The lowest BCUT2D eigenvalue weighted by atomic mass is 10.1. The minimum Gasteiger partial charge on any atom is -0.445 e. The van der Waals surface area contributed by atoms with E-state index >= 15 is 0 Å². The molecule has 0 saturated carbocycles. The van der Waals surface area contributed by atoms with Crippen molar-refractivity contribution in [3.8, 4) is 0 Å². The Balaban J connectivity index is 1.77. The molecular formula is C18H28N2O2. The number of anilines is 1. The lowest BCUT2D eigenvalue weighted by Gasteiger charge is -2.28. The van der Waals surface area contributed by atoms with Crippen LogP contribution in [0.4, 0.5) is 10.5 Å². The summed E-state index contributed by atoms with van der Waals surface area (Å²) in [5, 5.41) is 2.83. The van der Waals surface area contributed by atoms with Gasteiger partial charge in [0.2, 0.25) is 0 Å². The van der Waals surface area contributed by atoms with Crippen molar-refractivity contribution in [3.05, 3.63) is 29.8 Å². The number of hydrogen-bond acceptors (Lipinski definition) is 3. The number of nitrogens with one attached hydrogen (secondary N) is 1. The van der Waals surface area contributed by atoms with Gasteiger partial charge in [0.1, 0.15) is 6.10 Å². The first-order valence-electron chi connectivity index (χ1n) is 8.46. The van der Waals surface area contributed by atoms with Crippen molar-refractivity contribution in [1.29, 1.82) is 0 Å². The zero-order valence-electron chi connectivity index (χ0n) is 13.8. The third-order valence-electron chi connectivity index (χ3n) is 3.98. The average Bonchev–Trinajstić information content (AvgIpc) is 2.48. The van der Waals surface area contributed by atoms with Gasteiger partial charge in [-0.25, -0.2) is 4.79 Å². The second-order valence-electron chi connectivity index (χ2n) is 6.15. The smallest absolute Gasteiger partial charge is 0.411 e. The summed E-state index contributed by atoms with van der Waals surface area (Å²) in [6.07, 6.45) is 5.50. The molecule has 4 nitrogen and oxygen atoms in total. The number of carbonyl (C=O) groups excluding carboxylic acids is 1. The van der Waals surface area contributed by atoms with Gasteiger partial charge in [0.05, 0.1) is 0 Å². The van der Waals surface area contributed by atoms with Crippen molar-refractivity contribution < 1.29 is 9.53 Å². The van der Waals surface area contributed by atoms with Gasteiger partial charge in [-0.15, -0.1) is 0 Å². The SMILES string of the molecule is CCCc1cccc(NC(=O)O[C@H](C)CN2CCCCC2)c1. The Kier molecular flexibility index (Phi) is 6.72. The third-order valence-corrected chi connectivity index (χ3v) is 3.98. The van der Waals surface area contributed by atoms with Crippen molar-refractivity contribution in [1.82, 2.24) is 4.90 Å². The molecule has 0 aromatic heterocycles. The van der Waals surface area contributed by atoms with Crippen LogP contribution in [0, 0.1) is 0 Å². The second-order valence-corrected chi connectivity index (χ2v) is 6.15. The molecule has 0 bridgehead atoms. The highest BCUT2D eigenvalue weighted by molar-refractivity contribution is 5.84. The maximum absolute atomic E-state index is 12.0. The number of hydrogen-bond donors (Lipinski definition) is 1. The second kappa shape index (κ2) is 8.79. The van der Waals surface area contributed by atoms with Crippen LogP contribution in [0.25, 0.3) is 0 Å². The molecule has 1 heterocycles. The number of benzene rings is 1. The van der Waals surface area contributed by atoms with E-state index in [4.69, 9.17) is 4.74 Å². The van der Waals surface area contributed by atoms with E-state index in [0.29, 0.717) is 0 Å². The summed E-state index contributed by atoms with van der Waals surface area (Å²) in [5.41, 5.74) is 2.04. The topological polar surface area (TPSA) is 41.6 Å². The lowest BCUT2D eigenvalue weighted by molar-refractivity contribution is 0.0833. The summed E-state index contributed by atoms with van der Waals surface area (Å²) < 4.78 is 5.47. The molecule has 0 aliphatic carbocycles. The van der Waals surface area contributed by atoms with E-state index in [1.165, 1.54) is 24.8 Å². The average molecular weight is 304 g/mol. The van der Waals surface area contributed by atoms with E-state index < -0.39 is 0 Å². The first-order chi connectivity index (χ1) is 10.7. The number of piperidine rings is 1. The van der Waals surface area contributed by atoms with E-state index in [2.05, 4.69) is 23.2 Å². The summed E-state index contributed by atoms with van der Waals surface area (Å²) >= 11 is 0. The molecule has 0 spiro atoms. The van der Waals surface area contributed by atoms with Gasteiger partial charge in [0, 0.05) is 12.2 Å². The minimum absolute atomic E-state index is 0.0862. The zero-order valence-corrected chi connectivity index (χ0v) is 13.8. The Bertz CT molecular complexity index is 470. The maximum Gasteiger partial charge on any atom is 0.411 e. The van der Waals surface area contributed by atoms with Crippen LogP contribution in [0.2, 0.25) is 0 Å². The monoisotopic (exact) mass is 304 g/mol. The molecule has 1 atom stereocenters. The standard InChI is InChI=1S/C18H28N2O2/c1-3-8-16-9-7-10-17(13-16)19-18(21)22-15(2)14-20-11-5-4-6-12-20/h7,9-10,13,15H,3-6,8,11-12,14H2,1-2H3,(H,19,21)/t15-/m1/s1. The van der Waals surface area contributed by atoms with E-state index in [1.54, 1.807) is 0 Å². The molecule has 1 aliphatic rings. The Labute approximate surface area is 133 Å². The first kappa shape index (κ1) is 16.8. The summed E-state index contributed by atoms with van der Waals surface area (Å²) in [4.78, 5) is 14.4. The van der Waals surface area contributed by atoms with Crippen LogP contribution in [0.5, 0.6) is 0 Å². The molecule has 4 heteroatoms. The number of carbonyl (C=O) groups is 1. The number of likely N-dealkylation sites (tertiary alicyclic amines) is 1. The van der Waals surface area contributed by atoms with Gasteiger partial charge in [-0.05, 0) is 57.0 Å². The molecule has 0 unspecified atom stereocenters. The van der Waals surface area contributed by atoms with E-state index in [0.717, 1.165) is 38.2 Å². The number of rotatable bonds is 6. The Hall–Kier alpha value is -1.55. The highest BCUT2D eigenvalue weighted by atomic mass is 16.6. The maximum atomic E-state index is 12.0. The fraction of sp³-hybridized carbons (Fsp3) is 0.611. The minimum atomic E-state index is -0.363. The van der Waals surface area contributed by atoms with Crippen LogP contribution in [-0.2, 0) is 11.2 Å². The number of nitrogens with zero attached hydrogens (tertiary/aromatic N) is 1. The molecule has 1 N–H and O–H groups in total. The van der Waals surface area contributed by atoms with Crippen LogP contribution in [0.1, 0.15) is 45.1 Å². The van der Waals surface area contributed by atoms with Gasteiger partial charge in [0.25, 0.3) is 0 Å². The molecule has 0 radical (unpaired) electrons. The molecular weight excluding hydrogens is 276 g/mol. The molecule has 1 aromatic rings. The van der Waals surface area contributed by atoms with Crippen LogP contribution in [0.3, 0.4) is 0 Å². The Morgan fingerprint density at radius 2 is 2.09 bits per heavy atom. The van der Waals surface area contributed by atoms with Crippen molar-refractivity contribution in [3.63, 3.8) is 0 Å². The van der Waals surface area contributed by atoms with Crippen molar-refractivity contribution in [2.45, 2.75) is 52.1 Å². The van der Waals surface area contributed by atoms with Gasteiger partial charge in [0.15, 0.2) is 0 Å². The predicted octanol–water partition coefficient (Wildman–Crippen LogP) is 4.06. The number of ether oxygens (including phenoxy) is 1. The first-order valence-corrected chi connectivity index (χ1v) is 8.46. The van der Waals surface area contributed by atoms with Gasteiger partial charge in [-0.1, -0.05) is 31.9 Å². The summed E-state index contributed by atoms with van der Waals surface area (Å²) in [6, 6.07) is 7.96. The summed E-state index contributed by atoms with van der Waals surface area (Å²) in [7, 11) is 0. The highest BCUT2D eigenvalue weighted by Crippen LogP contribution is 2.13. The van der Waals surface area contributed by atoms with E-state index in [9.17, 15) is 4.79 Å². The fourth-order valence-corrected chi connectivity index (χ4v) is 2.97. The Morgan fingerprint density at radius 3 is 2.82 bits per heavy atom. The molecule has 1 aliphatic heterocycles. The third kappa shape index (κ3) is 5.68. The molecule has 1 amide bonds. The summed E-state index contributed by atoms with van der Waals surface area (Å²) in [5.74, 6) is 0. The number of aryl methyl sites for hydroxylation is 1. The quantitative estimate of drug-likeness (QED) is 0.861. The van der Waals surface area contributed by atoms with Gasteiger partial charge >= 0.3 is 6.09 Å². The lowest BCUT2D eigenvalue weighted by Crippen LogP contribution is -2.37. The molecule has 22 heavy (non-hydrogen) atoms. The normalized spacial score (nSPS) is 17.0. The van der Waals surface area contributed by atoms with Crippen LogP contribution in [0.15, 0.2) is 24.3 Å². The zero-order chi connectivity index (χ0) is 15.8. The van der Waals surface area contributed by atoms with Gasteiger partial charge < -0.3 is 4.74 Å². The Morgan fingerprint density at radius 1 is 1.32 bits per heavy atom. The van der Waals surface area contributed by atoms with Gasteiger partial charge in [-0.3, -0.25) is 10.2 Å². The highest BCUT2D eigenvalue weighted by Gasteiger charge is 2.16. The van der Waals surface area contributed by atoms with E-state index in [1.807, 2.05) is 25.1 Å². The van der Waals surface area contributed by atoms with Crippen molar-refractivity contribution in [2.75, 3.05) is 25.0 Å². The van der Waals surface area contributed by atoms with Crippen molar-refractivity contribution >= 4 is 11.8 Å². The fourth-order valence-electron chi connectivity index (χ4n) is 2.97. The largest absolute Gasteiger partial charge is 0.445 e. The van der Waals surface area contributed by atoms with E-state index in [-0.39, 0.29) is 12.2 Å². The molecule has 2 rings (SSSR count). The van der Waals surface area contributed by atoms with Crippen LogP contribution >= 0.6 is 0 Å².